The van der Waals surface area contributed by atoms with Gasteiger partial charge in [0, 0.05) is 24.3 Å². The monoisotopic (exact) mass is 267 g/mol. The Kier molecular flexibility index (Phi) is 6.02. The molecule has 5 heteroatoms. The number of carbonyl (C=O) groups is 1. The fourth-order valence-corrected chi connectivity index (χ4v) is 2.02. The summed E-state index contributed by atoms with van der Waals surface area (Å²) >= 11 is 0. The fourth-order valence-electron chi connectivity index (χ4n) is 2.02. The summed E-state index contributed by atoms with van der Waals surface area (Å²) in [6.07, 6.45) is 4.60. The van der Waals surface area contributed by atoms with Crippen molar-refractivity contribution >= 4 is 5.97 Å². The van der Waals surface area contributed by atoms with Crippen molar-refractivity contribution in [3.8, 4) is 0 Å². The lowest BCUT2D eigenvalue weighted by Gasteiger charge is -2.22. The van der Waals surface area contributed by atoms with Crippen LogP contribution in [0.2, 0.25) is 0 Å². The van der Waals surface area contributed by atoms with Crippen molar-refractivity contribution in [1.29, 1.82) is 0 Å². The van der Waals surface area contributed by atoms with E-state index in [2.05, 4.69) is 24.3 Å². The zero-order chi connectivity index (χ0) is 14.4. The predicted molar refractivity (Wildman–Crippen MR) is 74.7 cm³/mol. The second-order valence-corrected chi connectivity index (χ2v) is 5.22. The van der Waals surface area contributed by atoms with Crippen molar-refractivity contribution < 1.29 is 9.53 Å². The topological polar surface area (TPSA) is 56.2 Å². The average molecular weight is 267 g/mol. The van der Waals surface area contributed by atoms with Gasteiger partial charge in [-0.1, -0.05) is 13.8 Å². The summed E-state index contributed by atoms with van der Waals surface area (Å²) in [6, 6.07) is -0.201. The van der Waals surface area contributed by atoms with Crippen molar-refractivity contribution in [3.63, 3.8) is 0 Å². The van der Waals surface area contributed by atoms with Crippen molar-refractivity contribution in [2.24, 2.45) is 5.92 Å². The summed E-state index contributed by atoms with van der Waals surface area (Å²) in [5, 5.41) is 7.57. The fraction of sp³-hybridized carbons (Fsp3) is 0.714. The van der Waals surface area contributed by atoms with Crippen molar-refractivity contribution in [3.05, 3.63) is 18.0 Å². The number of carbonyl (C=O) groups excluding carboxylic acids is 1. The first-order valence-corrected chi connectivity index (χ1v) is 6.84. The van der Waals surface area contributed by atoms with Crippen LogP contribution < -0.4 is 5.32 Å². The molecule has 0 bridgehead atoms. The first-order chi connectivity index (χ1) is 8.97. The maximum atomic E-state index is 11.8. The van der Waals surface area contributed by atoms with E-state index in [4.69, 9.17) is 4.74 Å². The van der Waals surface area contributed by atoms with Crippen molar-refractivity contribution in [1.82, 2.24) is 15.1 Å². The van der Waals surface area contributed by atoms with E-state index in [1.54, 1.807) is 0 Å². The largest absolute Gasteiger partial charge is 0.468 e. The minimum absolute atomic E-state index is 0.0724. The number of hydrogen-bond donors (Lipinski definition) is 1. The lowest BCUT2D eigenvalue weighted by atomic mass is 10.0. The summed E-state index contributed by atoms with van der Waals surface area (Å²) in [5.41, 5.74) is 1.08. The zero-order valence-corrected chi connectivity index (χ0v) is 12.5. The van der Waals surface area contributed by atoms with E-state index >= 15 is 0 Å². The third-order valence-corrected chi connectivity index (χ3v) is 3.12. The van der Waals surface area contributed by atoms with Gasteiger partial charge in [-0.15, -0.1) is 0 Å². The summed E-state index contributed by atoms with van der Waals surface area (Å²) < 4.78 is 6.73. The molecule has 0 aliphatic rings. The Morgan fingerprint density at radius 2 is 2.16 bits per heavy atom. The minimum atomic E-state index is -0.273. The molecule has 1 rings (SSSR count). The van der Waals surface area contributed by atoms with Gasteiger partial charge in [-0.25, -0.2) is 0 Å². The molecule has 19 heavy (non-hydrogen) atoms. The van der Waals surface area contributed by atoms with Gasteiger partial charge >= 0.3 is 5.97 Å². The normalized spacial score (nSPS) is 14.4. The van der Waals surface area contributed by atoms with Crippen LogP contribution in [0.4, 0.5) is 0 Å². The average Bonchev–Trinajstić information content (AvgIpc) is 2.85. The summed E-state index contributed by atoms with van der Waals surface area (Å²) in [4.78, 5) is 11.8. The van der Waals surface area contributed by atoms with E-state index in [0.717, 1.165) is 18.5 Å². The standard InChI is InChI=1S/C14H25N3O2/c1-6-17-9-12(8-15-17)11(4)16-13(7-10(2)3)14(18)19-5/h8-11,13,16H,6-7H2,1-5H3. The van der Waals surface area contributed by atoms with E-state index in [-0.39, 0.29) is 18.1 Å². The first-order valence-electron chi connectivity index (χ1n) is 6.84. The smallest absolute Gasteiger partial charge is 0.322 e. The van der Waals surface area contributed by atoms with Gasteiger partial charge in [-0.3, -0.25) is 14.8 Å². The van der Waals surface area contributed by atoms with Crippen LogP contribution in [-0.4, -0.2) is 28.9 Å². The van der Waals surface area contributed by atoms with Crippen LogP contribution in [-0.2, 0) is 16.1 Å². The highest BCUT2D eigenvalue weighted by Gasteiger charge is 2.23. The Bertz CT molecular complexity index is 401. The summed E-state index contributed by atoms with van der Waals surface area (Å²) in [5.74, 6) is 0.227. The van der Waals surface area contributed by atoms with Gasteiger partial charge in [-0.2, -0.15) is 5.10 Å². The van der Waals surface area contributed by atoms with Crippen LogP contribution in [0.3, 0.4) is 0 Å². The van der Waals surface area contributed by atoms with Crippen LogP contribution in [0.5, 0.6) is 0 Å². The number of nitrogens with one attached hydrogen (secondary N) is 1. The van der Waals surface area contributed by atoms with Gasteiger partial charge in [-0.05, 0) is 26.2 Å². The molecule has 0 spiro atoms. The molecule has 0 amide bonds. The summed E-state index contributed by atoms with van der Waals surface area (Å²) in [7, 11) is 1.43. The molecule has 0 radical (unpaired) electrons. The van der Waals surface area contributed by atoms with E-state index in [1.807, 2.05) is 30.9 Å². The highest BCUT2D eigenvalue weighted by Crippen LogP contribution is 2.15. The second kappa shape index (κ2) is 7.28. The van der Waals surface area contributed by atoms with E-state index < -0.39 is 0 Å². The molecule has 1 heterocycles. The molecular weight excluding hydrogens is 242 g/mol. The molecule has 1 N–H and O–H groups in total. The maximum absolute atomic E-state index is 11.8. The molecular formula is C14H25N3O2. The van der Waals surface area contributed by atoms with Gasteiger partial charge in [0.25, 0.3) is 0 Å². The minimum Gasteiger partial charge on any atom is -0.468 e. The Labute approximate surface area is 115 Å². The molecule has 1 aromatic rings. The molecule has 1 aromatic heterocycles. The number of aryl methyl sites for hydroxylation is 1. The SMILES string of the molecule is CCn1cc(C(C)NC(CC(C)C)C(=O)OC)cn1. The Morgan fingerprint density at radius 1 is 1.47 bits per heavy atom. The Hall–Kier alpha value is -1.36. The third kappa shape index (κ3) is 4.67. The lowest BCUT2D eigenvalue weighted by Crippen LogP contribution is -2.40. The van der Waals surface area contributed by atoms with Crippen molar-refractivity contribution in [2.45, 2.75) is 52.7 Å². The molecule has 108 valence electrons. The highest BCUT2D eigenvalue weighted by atomic mass is 16.5. The predicted octanol–water partition coefficient (Wildman–Crippen LogP) is 2.14. The first kappa shape index (κ1) is 15.7. The number of methoxy groups -OCH3 is 1. The second-order valence-electron chi connectivity index (χ2n) is 5.22. The molecule has 2 unspecified atom stereocenters. The lowest BCUT2D eigenvalue weighted by molar-refractivity contribution is -0.143. The number of rotatable bonds is 7. The number of hydrogen-bond acceptors (Lipinski definition) is 4. The number of ether oxygens (including phenoxy) is 1. The third-order valence-electron chi connectivity index (χ3n) is 3.12. The number of nitrogens with zero attached hydrogens (tertiary/aromatic N) is 2. The van der Waals surface area contributed by atoms with Gasteiger partial charge in [0.1, 0.15) is 6.04 Å². The highest BCUT2D eigenvalue weighted by molar-refractivity contribution is 5.75. The van der Waals surface area contributed by atoms with Gasteiger partial charge < -0.3 is 4.74 Å². The molecule has 0 saturated carbocycles. The molecule has 2 atom stereocenters. The molecule has 0 saturated heterocycles. The van der Waals surface area contributed by atoms with E-state index in [9.17, 15) is 4.79 Å². The molecule has 5 nitrogen and oxygen atoms in total. The number of esters is 1. The van der Waals surface area contributed by atoms with E-state index in [1.165, 1.54) is 7.11 Å². The molecule has 0 aromatic carbocycles. The maximum Gasteiger partial charge on any atom is 0.322 e. The zero-order valence-electron chi connectivity index (χ0n) is 12.5. The molecule has 0 aliphatic heterocycles. The van der Waals surface area contributed by atoms with Crippen LogP contribution in [0.15, 0.2) is 12.4 Å². The Morgan fingerprint density at radius 3 is 2.63 bits per heavy atom. The molecule has 0 fully saturated rings. The molecule has 0 aliphatic carbocycles. The van der Waals surface area contributed by atoms with Crippen LogP contribution in [0.1, 0.15) is 45.7 Å². The van der Waals surface area contributed by atoms with Crippen molar-refractivity contribution in [2.75, 3.05) is 7.11 Å². The van der Waals surface area contributed by atoms with E-state index in [0.29, 0.717) is 5.92 Å². The van der Waals surface area contributed by atoms with Gasteiger partial charge in [0.2, 0.25) is 0 Å². The van der Waals surface area contributed by atoms with Crippen LogP contribution in [0, 0.1) is 5.92 Å². The Balaban J connectivity index is 2.69. The van der Waals surface area contributed by atoms with Gasteiger partial charge in [0.15, 0.2) is 0 Å². The van der Waals surface area contributed by atoms with Crippen LogP contribution in [0.25, 0.3) is 0 Å². The number of aromatic nitrogens is 2. The van der Waals surface area contributed by atoms with Gasteiger partial charge in [0.05, 0.1) is 13.3 Å². The summed E-state index contributed by atoms with van der Waals surface area (Å²) in [6.45, 7) is 9.12. The quantitative estimate of drug-likeness (QED) is 0.769. The van der Waals surface area contributed by atoms with Crippen LogP contribution >= 0.6 is 0 Å².